The number of anilines is 1. The van der Waals surface area contributed by atoms with Crippen molar-refractivity contribution in [2.45, 2.75) is 19.9 Å². The Morgan fingerprint density at radius 3 is 2.67 bits per heavy atom. The quantitative estimate of drug-likeness (QED) is 0.896. The van der Waals surface area contributed by atoms with Crippen LogP contribution in [0.15, 0.2) is 34.8 Å². The summed E-state index contributed by atoms with van der Waals surface area (Å²) in [6.45, 7) is 2.98. The van der Waals surface area contributed by atoms with Crippen molar-refractivity contribution in [3.8, 4) is 6.07 Å². The van der Waals surface area contributed by atoms with E-state index in [1.807, 2.05) is 29.5 Å². The number of benzene rings is 1. The predicted molar refractivity (Wildman–Crippen MR) is 79.9 cm³/mol. The van der Waals surface area contributed by atoms with Gasteiger partial charge < -0.3 is 5.32 Å². The molecular formula is C14H13BrN2S. The third kappa shape index (κ3) is 3.12. The van der Waals surface area contributed by atoms with Gasteiger partial charge in [-0.1, -0.05) is 6.92 Å². The first-order valence-electron chi connectivity index (χ1n) is 5.74. The van der Waals surface area contributed by atoms with E-state index in [9.17, 15) is 0 Å². The fraction of sp³-hybridized carbons (Fsp3) is 0.214. The number of nitrogens with zero attached hydrogens (tertiary/aromatic N) is 1. The maximum atomic E-state index is 8.80. The van der Waals surface area contributed by atoms with Crippen molar-refractivity contribution >= 4 is 33.0 Å². The Bertz CT molecular complexity index is 584. The van der Waals surface area contributed by atoms with E-state index in [0.29, 0.717) is 5.56 Å². The van der Waals surface area contributed by atoms with E-state index in [4.69, 9.17) is 5.26 Å². The molecule has 0 bridgehead atoms. The molecule has 0 radical (unpaired) electrons. The zero-order chi connectivity index (χ0) is 13.0. The molecule has 1 aromatic heterocycles. The lowest BCUT2D eigenvalue weighted by Crippen LogP contribution is -1.98. The van der Waals surface area contributed by atoms with Gasteiger partial charge in [0, 0.05) is 26.5 Å². The van der Waals surface area contributed by atoms with Crippen molar-refractivity contribution in [2.24, 2.45) is 0 Å². The molecule has 0 spiro atoms. The Morgan fingerprint density at radius 1 is 1.28 bits per heavy atom. The molecule has 0 fully saturated rings. The summed E-state index contributed by atoms with van der Waals surface area (Å²) in [7, 11) is 0. The van der Waals surface area contributed by atoms with Crippen molar-refractivity contribution in [1.82, 2.24) is 0 Å². The van der Waals surface area contributed by atoms with Gasteiger partial charge in [-0.3, -0.25) is 0 Å². The van der Waals surface area contributed by atoms with Crippen LogP contribution in [0, 0.1) is 11.3 Å². The molecular weight excluding hydrogens is 308 g/mol. The van der Waals surface area contributed by atoms with Gasteiger partial charge in [0.1, 0.15) is 0 Å². The largest absolute Gasteiger partial charge is 0.379 e. The average molecular weight is 321 g/mol. The van der Waals surface area contributed by atoms with Crippen molar-refractivity contribution in [3.05, 3.63) is 50.1 Å². The van der Waals surface area contributed by atoms with E-state index in [-0.39, 0.29) is 0 Å². The van der Waals surface area contributed by atoms with Gasteiger partial charge in [-0.2, -0.15) is 5.26 Å². The van der Waals surface area contributed by atoms with Gasteiger partial charge in [0.15, 0.2) is 0 Å². The molecule has 2 nitrogen and oxygen atoms in total. The monoisotopic (exact) mass is 320 g/mol. The van der Waals surface area contributed by atoms with Gasteiger partial charge in [0.2, 0.25) is 0 Å². The van der Waals surface area contributed by atoms with E-state index < -0.39 is 0 Å². The number of halogens is 1. The number of hydrogen-bond donors (Lipinski definition) is 1. The molecule has 0 aliphatic carbocycles. The molecule has 1 heterocycles. The number of rotatable bonds is 4. The van der Waals surface area contributed by atoms with Crippen molar-refractivity contribution < 1.29 is 0 Å². The van der Waals surface area contributed by atoms with E-state index in [1.54, 1.807) is 0 Å². The van der Waals surface area contributed by atoms with Gasteiger partial charge in [-0.15, -0.1) is 11.3 Å². The molecule has 1 aromatic carbocycles. The molecule has 0 amide bonds. The fourth-order valence-electron chi connectivity index (χ4n) is 1.62. The molecule has 1 N–H and O–H groups in total. The first-order chi connectivity index (χ1) is 8.72. The van der Waals surface area contributed by atoms with Gasteiger partial charge in [-0.05, 0) is 52.7 Å². The summed E-state index contributed by atoms with van der Waals surface area (Å²) in [6.07, 6.45) is 1.09. The van der Waals surface area contributed by atoms with Crippen LogP contribution in [0.1, 0.15) is 22.2 Å². The number of thiophene rings is 1. The first kappa shape index (κ1) is 13.1. The van der Waals surface area contributed by atoms with Crippen LogP contribution >= 0.6 is 27.3 Å². The highest BCUT2D eigenvalue weighted by Gasteiger charge is 2.02. The van der Waals surface area contributed by atoms with Crippen molar-refractivity contribution in [3.63, 3.8) is 0 Å². The third-order valence-electron chi connectivity index (χ3n) is 2.62. The lowest BCUT2D eigenvalue weighted by molar-refractivity contribution is 1.18. The second-order valence-corrected chi connectivity index (χ2v) is 5.99. The summed E-state index contributed by atoms with van der Waals surface area (Å²) in [5.74, 6) is 0. The molecule has 0 atom stereocenters. The lowest BCUT2D eigenvalue weighted by Gasteiger charge is -2.07. The Balaban J connectivity index is 2.04. The van der Waals surface area contributed by atoms with Crippen LogP contribution in [0.5, 0.6) is 0 Å². The Hall–Kier alpha value is -1.31. The van der Waals surface area contributed by atoms with Crippen molar-refractivity contribution in [1.29, 1.82) is 5.26 Å². The molecule has 0 aliphatic rings. The smallest absolute Gasteiger partial charge is 0.0992 e. The normalized spacial score (nSPS) is 10.1. The lowest BCUT2D eigenvalue weighted by atomic mass is 10.2. The minimum atomic E-state index is 0.664. The van der Waals surface area contributed by atoms with Crippen LogP contribution in [0.3, 0.4) is 0 Å². The number of aryl methyl sites for hydroxylation is 1. The third-order valence-corrected chi connectivity index (χ3v) is 4.50. The molecule has 0 saturated heterocycles. The minimum absolute atomic E-state index is 0.664. The zero-order valence-electron chi connectivity index (χ0n) is 10.0. The Kier molecular flexibility index (Phi) is 4.40. The van der Waals surface area contributed by atoms with Gasteiger partial charge in [0.25, 0.3) is 0 Å². The average Bonchev–Trinajstić information content (AvgIpc) is 2.85. The van der Waals surface area contributed by atoms with Crippen LogP contribution in [-0.4, -0.2) is 0 Å². The molecule has 0 unspecified atom stereocenters. The number of hydrogen-bond acceptors (Lipinski definition) is 3. The summed E-state index contributed by atoms with van der Waals surface area (Å²) in [4.78, 5) is 2.73. The van der Waals surface area contributed by atoms with E-state index in [1.165, 1.54) is 9.75 Å². The standard InChI is InChI=1S/C14H13BrN2S/c1-2-11-4-5-12(18-11)9-17-14-6-3-10(8-16)7-13(14)15/h3-7,17H,2,9H2,1H3. The maximum Gasteiger partial charge on any atom is 0.0992 e. The summed E-state index contributed by atoms with van der Waals surface area (Å²) in [5, 5.41) is 12.2. The molecule has 4 heteroatoms. The molecule has 2 rings (SSSR count). The molecule has 0 aliphatic heterocycles. The summed E-state index contributed by atoms with van der Waals surface area (Å²) >= 11 is 5.31. The highest BCUT2D eigenvalue weighted by molar-refractivity contribution is 9.10. The summed E-state index contributed by atoms with van der Waals surface area (Å²) in [6, 6.07) is 12.0. The fourth-order valence-corrected chi connectivity index (χ4v) is 3.03. The molecule has 92 valence electrons. The van der Waals surface area contributed by atoms with E-state index in [0.717, 1.165) is 23.1 Å². The summed E-state index contributed by atoms with van der Waals surface area (Å²) < 4.78 is 0.925. The predicted octanol–water partition coefficient (Wildman–Crippen LogP) is 4.56. The van der Waals surface area contributed by atoms with Crippen LogP contribution < -0.4 is 5.32 Å². The van der Waals surface area contributed by atoms with Crippen molar-refractivity contribution in [2.75, 3.05) is 5.32 Å². The maximum absolute atomic E-state index is 8.80. The van der Waals surface area contributed by atoms with Gasteiger partial charge in [-0.25, -0.2) is 0 Å². The summed E-state index contributed by atoms with van der Waals surface area (Å²) in [5.41, 5.74) is 1.68. The number of nitrogens with one attached hydrogen (secondary N) is 1. The van der Waals surface area contributed by atoms with E-state index in [2.05, 4.69) is 46.4 Å². The highest BCUT2D eigenvalue weighted by Crippen LogP contribution is 2.25. The molecule has 0 saturated carbocycles. The Labute approximate surface area is 119 Å². The molecule has 2 aromatic rings. The van der Waals surface area contributed by atoms with Gasteiger partial charge >= 0.3 is 0 Å². The van der Waals surface area contributed by atoms with E-state index >= 15 is 0 Å². The zero-order valence-corrected chi connectivity index (χ0v) is 12.4. The van der Waals surface area contributed by atoms with Crippen LogP contribution in [-0.2, 0) is 13.0 Å². The minimum Gasteiger partial charge on any atom is -0.379 e. The second-order valence-electron chi connectivity index (χ2n) is 3.88. The van der Waals surface area contributed by atoms with Gasteiger partial charge in [0.05, 0.1) is 11.6 Å². The highest BCUT2D eigenvalue weighted by atomic mass is 79.9. The second kappa shape index (κ2) is 6.03. The topological polar surface area (TPSA) is 35.8 Å². The Morgan fingerprint density at radius 2 is 2.06 bits per heavy atom. The SMILES string of the molecule is CCc1ccc(CNc2ccc(C#N)cc2Br)s1. The molecule has 18 heavy (non-hydrogen) atoms. The van der Waals surface area contributed by atoms with Crippen LogP contribution in [0.4, 0.5) is 5.69 Å². The van der Waals surface area contributed by atoms with Crippen LogP contribution in [0.2, 0.25) is 0 Å². The van der Waals surface area contributed by atoms with Crippen LogP contribution in [0.25, 0.3) is 0 Å². The first-order valence-corrected chi connectivity index (χ1v) is 7.35. The number of nitriles is 1.